The Morgan fingerprint density at radius 3 is 1.50 bits per heavy atom. The maximum Gasteiger partial charge on any atom is 0.0341 e. The van der Waals surface area contributed by atoms with Crippen LogP contribution < -0.4 is 12.3 Å². The Morgan fingerprint density at radius 2 is 1.21 bits per heavy atom. The van der Waals surface area contributed by atoms with Gasteiger partial charge >= 0.3 is 0 Å². The topological polar surface area (TPSA) is 70.0 Å². The van der Waals surface area contributed by atoms with E-state index in [1.54, 1.807) is 0 Å². The maximum atomic E-state index is 2.18. The van der Waals surface area contributed by atoms with E-state index in [1.807, 2.05) is 35.3 Å². The smallest absolute Gasteiger partial charge is 0.0341 e. The minimum absolute atomic E-state index is 0. The third kappa shape index (κ3) is 3.74. The van der Waals surface area contributed by atoms with Crippen LogP contribution in [0.4, 0.5) is 0 Å². The normalized spacial score (nSPS) is 8.79. The lowest BCUT2D eigenvalue weighted by atomic mass is 10.4. The molecule has 82 valence electrons. The molecule has 0 atom stereocenters. The molecule has 6 N–H and O–H groups in total. The molecular weight excluding hydrogens is 232 g/mol. The molecular formula is C9H18N2S3. The van der Waals surface area contributed by atoms with Gasteiger partial charge in [0.25, 0.3) is 0 Å². The molecule has 5 heteroatoms. The van der Waals surface area contributed by atoms with Crippen LogP contribution in [0.2, 0.25) is 0 Å². The molecule has 0 aromatic heterocycles. The largest absolute Gasteiger partial charge is 0.344 e. The Labute approximate surface area is 99.2 Å². The molecule has 0 unspecified atom stereocenters. The van der Waals surface area contributed by atoms with Crippen LogP contribution in [0.5, 0.6) is 0 Å². The lowest BCUT2D eigenvalue weighted by Crippen LogP contribution is -1.80. The molecule has 1 rings (SSSR count). The van der Waals surface area contributed by atoms with Crippen LogP contribution in [0, 0.1) is 0 Å². The van der Waals surface area contributed by atoms with Gasteiger partial charge in [0.15, 0.2) is 0 Å². The highest BCUT2D eigenvalue weighted by Crippen LogP contribution is 2.35. The summed E-state index contributed by atoms with van der Waals surface area (Å²) in [5.41, 5.74) is 0. The molecule has 1 aromatic rings. The van der Waals surface area contributed by atoms with Gasteiger partial charge in [0, 0.05) is 14.7 Å². The molecule has 2 nitrogen and oxygen atoms in total. The van der Waals surface area contributed by atoms with Crippen molar-refractivity contribution in [2.75, 3.05) is 18.8 Å². The van der Waals surface area contributed by atoms with E-state index < -0.39 is 0 Å². The van der Waals surface area contributed by atoms with E-state index in [-0.39, 0.29) is 12.3 Å². The third-order valence-corrected chi connectivity index (χ3v) is 4.25. The van der Waals surface area contributed by atoms with Crippen LogP contribution in [0.25, 0.3) is 0 Å². The standard InChI is InChI=1S/C9H12S3.2H3N/c1-10-7-5-4-6-8(11-2)9(7)12-3;;/h4-6H,1-3H3;2*1H3. The number of benzene rings is 1. The lowest BCUT2D eigenvalue weighted by Gasteiger charge is -2.08. The summed E-state index contributed by atoms with van der Waals surface area (Å²) in [6.07, 6.45) is 6.38. The van der Waals surface area contributed by atoms with E-state index in [1.165, 1.54) is 14.7 Å². The molecule has 0 saturated carbocycles. The van der Waals surface area contributed by atoms with E-state index in [0.717, 1.165) is 0 Å². The number of rotatable bonds is 3. The minimum atomic E-state index is 0. The van der Waals surface area contributed by atoms with E-state index >= 15 is 0 Å². The molecule has 14 heavy (non-hydrogen) atoms. The predicted molar refractivity (Wildman–Crippen MR) is 71.8 cm³/mol. The van der Waals surface area contributed by atoms with Gasteiger partial charge in [0.05, 0.1) is 0 Å². The lowest BCUT2D eigenvalue weighted by molar-refractivity contribution is 1.13. The zero-order valence-electron chi connectivity index (χ0n) is 8.87. The average molecular weight is 250 g/mol. The van der Waals surface area contributed by atoms with Gasteiger partial charge in [-0.3, -0.25) is 0 Å². The van der Waals surface area contributed by atoms with Gasteiger partial charge in [0.2, 0.25) is 0 Å². The van der Waals surface area contributed by atoms with E-state index in [9.17, 15) is 0 Å². The van der Waals surface area contributed by atoms with Crippen molar-refractivity contribution in [2.45, 2.75) is 14.7 Å². The number of hydrogen-bond donors (Lipinski definition) is 2. The monoisotopic (exact) mass is 250 g/mol. The Kier molecular flexibility index (Phi) is 10.1. The van der Waals surface area contributed by atoms with Crippen molar-refractivity contribution in [3.05, 3.63) is 18.2 Å². The van der Waals surface area contributed by atoms with E-state index in [4.69, 9.17) is 0 Å². The highest BCUT2D eigenvalue weighted by Gasteiger charge is 2.04. The fourth-order valence-corrected chi connectivity index (χ4v) is 3.64. The third-order valence-electron chi connectivity index (χ3n) is 1.59. The van der Waals surface area contributed by atoms with Crippen LogP contribution in [0.3, 0.4) is 0 Å². The van der Waals surface area contributed by atoms with Crippen molar-refractivity contribution in [3.8, 4) is 0 Å². The van der Waals surface area contributed by atoms with Crippen molar-refractivity contribution in [1.82, 2.24) is 12.3 Å². The first-order chi connectivity index (χ1) is 5.83. The Morgan fingerprint density at radius 1 is 0.786 bits per heavy atom. The van der Waals surface area contributed by atoms with E-state index in [2.05, 4.69) is 37.0 Å². The predicted octanol–water partition coefficient (Wildman–Crippen LogP) is 4.18. The molecule has 0 aliphatic rings. The average Bonchev–Trinajstić information content (AvgIpc) is 2.16. The molecule has 0 aliphatic carbocycles. The molecule has 0 aliphatic heterocycles. The highest BCUT2D eigenvalue weighted by molar-refractivity contribution is 8.03. The molecule has 0 fully saturated rings. The van der Waals surface area contributed by atoms with Gasteiger partial charge in [-0.05, 0) is 30.9 Å². The second-order valence-electron chi connectivity index (χ2n) is 2.20. The second-order valence-corrected chi connectivity index (χ2v) is 4.71. The first-order valence-corrected chi connectivity index (χ1v) is 7.26. The molecule has 0 heterocycles. The fourth-order valence-electron chi connectivity index (χ4n) is 1.02. The SMILES string of the molecule is CSc1cccc(SC)c1SC.N.N. The second kappa shape index (κ2) is 8.49. The summed E-state index contributed by atoms with van der Waals surface area (Å²) in [6, 6.07) is 6.48. The van der Waals surface area contributed by atoms with Crippen molar-refractivity contribution in [2.24, 2.45) is 0 Å². The van der Waals surface area contributed by atoms with Gasteiger partial charge in [-0.2, -0.15) is 0 Å². The maximum absolute atomic E-state index is 2.18. The zero-order chi connectivity index (χ0) is 8.97. The highest BCUT2D eigenvalue weighted by atomic mass is 32.2. The Bertz CT molecular complexity index is 244. The molecule has 0 radical (unpaired) electrons. The summed E-state index contributed by atoms with van der Waals surface area (Å²) in [6.45, 7) is 0. The quantitative estimate of drug-likeness (QED) is 0.788. The van der Waals surface area contributed by atoms with Crippen LogP contribution in [0.1, 0.15) is 0 Å². The summed E-state index contributed by atoms with van der Waals surface area (Å²) >= 11 is 5.46. The van der Waals surface area contributed by atoms with Gasteiger partial charge in [0.1, 0.15) is 0 Å². The first-order valence-electron chi connectivity index (χ1n) is 3.58. The van der Waals surface area contributed by atoms with Gasteiger partial charge in [-0.25, -0.2) is 0 Å². The van der Waals surface area contributed by atoms with Crippen molar-refractivity contribution >= 4 is 35.3 Å². The molecule has 0 saturated heterocycles. The van der Waals surface area contributed by atoms with Crippen LogP contribution in [-0.4, -0.2) is 18.8 Å². The Hall–Kier alpha value is 0.190. The van der Waals surface area contributed by atoms with Crippen LogP contribution >= 0.6 is 35.3 Å². The Balaban J connectivity index is 0. The summed E-state index contributed by atoms with van der Waals surface area (Å²) in [7, 11) is 0. The number of hydrogen-bond acceptors (Lipinski definition) is 5. The summed E-state index contributed by atoms with van der Waals surface area (Å²) in [5, 5.41) is 0. The van der Waals surface area contributed by atoms with Gasteiger partial charge in [-0.15, -0.1) is 35.3 Å². The fraction of sp³-hybridized carbons (Fsp3) is 0.333. The van der Waals surface area contributed by atoms with Crippen molar-refractivity contribution in [3.63, 3.8) is 0 Å². The van der Waals surface area contributed by atoms with E-state index in [0.29, 0.717) is 0 Å². The minimum Gasteiger partial charge on any atom is -0.344 e. The molecule has 0 amide bonds. The van der Waals surface area contributed by atoms with Gasteiger partial charge in [-0.1, -0.05) is 6.07 Å². The van der Waals surface area contributed by atoms with Crippen molar-refractivity contribution < 1.29 is 0 Å². The molecule has 0 spiro atoms. The molecule has 0 bridgehead atoms. The first kappa shape index (κ1) is 16.6. The summed E-state index contributed by atoms with van der Waals surface area (Å²) in [4.78, 5) is 4.18. The van der Waals surface area contributed by atoms with Crippen LogP contribution in [-0.2, 0) is 0 Å². The zero-order valence-corrected chi connectivity index (χ0v) is 11.3. The van der Waals surface area contributed by atoms with Gasteiger partial charge < -0.3 is 12.3 Å². The summed E-state index contributed by atoms with van der Waals surface area (Å²) < 4.78 is 0. The van der Waals surface area contributed by atoms with Crippen molar-refractivity contribution in [1.29, 1.82) is 0 Å². The summed E-state index contributed by atoms with van der Waals surface area (Å²) in [5.74, 6) is 0. The number of thioether (sulfide) groups is 3. The molecule has 1 aromatic carbocycles. The van der Waals surface area contributed by atoms with Crippen LogP contribution in [0.15, 0.2) is 32.9 Å².